The molecule has 7 aromatic carbocycles. The van der Waals surface area contributed by atoms with E-state index in [9.17, 15) is 0 Å². The molecule has 0 amide bonds. The smallest absolute Gasteiger partial charge is 0.0701 e. The van der Waals surface area contributed by atoms with Crippen LogP contribution in [-0.2, 0) is 6.54 Å². The number of hydrogen-bond donors (Lipinski definition) is 3. The molecule has 2 heterocycles. The number of aliphatic imine (C=N–C) groups is 1. The number of benzene rings is 7. The lowest BCUT2D eigenvalue weighted by Gasteiger charge is -2.22. The number of aromatic nitrogens is 2. The van der Waals surface area contributed by atoms with Gasteiger partial charge in [0.15, 0.2) is 0 Å². The molecule has 68 heavy (non-hydrogen) atoms. The first kappa shape index (κ1) is 43.0. The average molecular weight is 879 g/mol. The molecule has 9 aromatic rings. The van der Waals surface area contributed by atoms with Gasteiger partial charge in [0.25, 0.3) is 0 Å². The van der Waals surface area contributed by atoms with E-state index in [1.165, 1.54) is 27.8 Å². The van der Waals surface area contributed by atoms with Gasteiger partial charge in [-0.1, -0.05) is 164 Å². The normalized spacial score (nSPS) is 13.7. The molecule has 1 aliphatic rings. The van der Waals surface area contributed by atoms with E-state index < -0.39 is 0 Å². The molecule has 1 aliphatic carbocycles. The topological polar surface area (TPSA) is 88.2 Å². The molecule has 1 atom stereocenters. The highest BCUT2D eigenvalue weighted by molar-refractivity contribution is 6.12. The second kappa shape index (κ2) is 20.5. The fraction of sp³-hybridized carbons (Fsp3) is 0.0484. The van der Waals surface area contributed by atoms with E-state index in [-0.39, 0.29) is 6.04 Å². The summed E-state index contributed by atoms with van der Waals surface area (Å²) in [5.74, 6) is 0. The first-order valence-electron chi connectivity index (χ1n) is 23.0. The minimum absolute atomic E-state index is 0.119. The molecular formula is C62H50N6. The number of nitrogens with zero attached hydrogens (tertiary/aromatic N) is 3. The monoisotopic (exact) mass is 878 g/mol. The van der Waals surface area contributed by atoms with Crippen LogP contribution in [0, 0.1) is 0 Å². The van der Waals surface area contributed by atoms with E-state index in [4.69, 9.17) is 10.7 Å². The van der Waals surface area contributed by atoms with Crippen molar-refractivity contribution < 1.29 is 0 Å². The number of hydrogen-bond acceptors (Lipinski definition) is 6. The van der Waals surface area contributed by atoms with Crippen LogP contribution in [0.3, 0.4) is 0 Å². The molecule has 328 valence electrons. The maximum absolute atomic E-state index is 6.82. The quantitative estimate of drug-likeness (QED) is 0.0947. The lowest BCUT2D eigenvalue weighted by Crippen LogP contribution is -2.19. The van der Waals surface area contributed by atoms with Gasteiger partial charge in [0.2, 0.25) is 0 Å². The second-order valence-electron chi connectivity index (χ2n) is 16.8. The third-order valence-electron chi connectivity index (χ3n) is 12.2. The first-order valence-corrected chi connectivity index (χ1v) is 23.0. The van der Waals surface area contributed by atoms with Crippen molar-refractivity contribution in [2.24, 2.45) is 10.7 Å². The Balaban J connectivity index is 0.846. The van der Waals surface area contributed by atoms with E-state index in [2.05, 4.69) is 184 Å². The standard InChI is InChI=1S/C62H50N6/c63-58(45-29-31-47(32-30-45)60-23-7-9-38-65-60)42-62(66-43-44-25-27-46(28-26-44)59-22-6-8-37-64-59)48-33-35-55(36-34-48)67-56-20-12-16-52(41-56)50-14-10-13-49(39-50)51-15-11-17-53(40-51)57-21-4-5-24-61(57)68-54-18-2-1-3-19-54/h1-40,42,56,67-68H,41,43,63H2/b58-42-,66-62?. The van der Waals surface area contributed by atoms with E-state index in [1.54, 1.807) is 6.20 Å². The zero-order chi connectivity index (χ0) is 45.9. The van der Waals surface area contributed by atoms with Gasteiger partial charge >= 0.3 is 0 Å². The summed E-state index contributed by atoms with van der Waals surface area (Å²) in [6, 6.07) is 73.6. The third kappa shape index (κ3) is 10.5. The minimum atomic E-state index is 0.119. The predicted molar refractivity (Wildman–Crippen MR) is 284 cm³/mol. The van der Waals surface area contributed by atoms with Crippen molar-refractivity contribution in [3.8, 4) is 44.8 Å². The Labute approximate surface area is 398 Å². The number of pyridine rings is 2. The summed E-state index contributed by atoms with van der Waals surface area (Å²) in [4.78, 5) is 14.2. The number of para-hydroxylation sites is 2. The van der Waals surface area contributed by atoms with Gasteiger partial charge < -0.3 is 16.4 Å². The SMILES string of the molecule is N/C(=C\C(=NCc1ccc(-c2ccccn2)cc1)c1ccc(NC2C=CC=C(c3cccc(-c4cccc(-c5ccccc5Nc5ccccc5)c4)c3)C2)cc1)c1ccc(-c2ccccn2)cc1. The molecule has 0 saturated heterocycles. The number of anilines is 3. The molecule has 0 aliphatic heterocycles. The maximum Gasteiger partial charge on any atom is 0.0701 e. The van der Waals surface area contributed by atoms with E-state index in [0.717, 1.165) is 74.0 Å². The molecule has 0 saturated carbocycles. The summed E-state index contributed by atoms with van der Waals surface area (Å²) in [6.45, 7) is 0.495. The van der Waals surface area contributed by atoms with Crippen molar-refractivity contribution in [3.63, 3.8) is 0 Å². The molecule has 6 nitrogen and oxygen atoms in total. The predicted octanol–water partition coefficient (Wildman–Crippen LogP) is 14.7. The Morgan fingerprint density at radius 3 is 1.84 bits per heavy atom. The summed E-state index contributed by atoms with van der Waals surface area (Å²) in [5.41, 5.74) is 25.6. The average Bonchev–Trinajstić information content (AvgIpc) is 3.41. The van der Waals surface area contributed by atoms with Crippen LogP contribution in [0.4, 0.5) is 17.1 Å². The van der Waals surface area contributed by atoms with E-state index in [1.807, 2.05) is 79.0 Å². The molecule has 0 fully saturated rings. The van der Waals surface area contributed by atoms with Crippen LogP contribution in [-0.4, -0.2) is 21.7 Å². The maximum atomic E-state index is 6.82. The van der Waals surface area contributed by atoms with E-state index >= 15 is 0 Å². The van der Waals surface area contributed by atoms with Gasteiger partial charge in [0.1, 0.15) is 0 Å². The summed E-state index contributed by atoms with van der Waals surface area (Å²) in [5, 5.41) is 7.39. The molecule has 1 unspecified atom stereocenters. The zero-order valence-electron chi connectivity index (χ0n) is 37.6. The van der Waals surface area contributed by atoms with Crippen molar-refractivity contribution in [2.75, 3.05) is 10.6 Å². The Morgan fingerprint density at radius 1 is 0.544 bits per heavy atom. The lowest BCUT2D eigenvalue weighted by atomic mass is 9.91. The van der Waals surface area contributed by atoms with Crippen molar-refractivity contribution in [1.29, 1.82) is 0 Å². The fourth-order valence-electron chi connectivity index (χ4n) is 8.54. The summed E-state index contributed by atoms with van der Waals surface area (Å²) in [7, 11) is 0. The fourth-order valence-corrected chi connectivity index (χ4v) is 8.54. The van der Waals surface area contributed by atoms with Gasteiger partial charge in [-0.15, -0.1) is 0 Å². The van der Waals surface area contributed by atoms with Crippen LogP contribution in [0.1, 0.15) is 28.7 Å². The number of rotatable bonds is 14. The Kier molecular flexibility index (Phi) is 13.0. The van der Waals surface area contributed by atoms with Crippen LogP contribution in [0.5, 0.6) is 0 Å². The zero-order valence-corrected chi connectivity index (χ0v) is 37.6. The van der Waals surface area contributed by atoms with Gasteiger partial charge in [-0.2, -0.15) is 0 Å². The van der Waals surface area contributed by atoms with Crippen molar-refractivity contribution in [3.05, 3.63) is 271 Å². The largest absolute Gasteiger partial charge is 0.398 e. The van der Waals surface area contributed by atoms with Crippen molar-refractivity contribution >= 4 is 34.0 Å². The number of allylic oxidation sites excluding steroid dienone is 3. The van der Waals surface area contributed by atoms with Crippen molar-refractivity contribution in [1.82, 2.24) is 9.97 Å². The molecular weight excluding hydrogens is 829 g/mol. The highest BCUT2D eigenvalue weighted by Gasteiger charge is 2.15. The van der Waals surface area contributed by atoms with Crippen LogP contribution < -0.4 is 16.4 Å². The number of nitrogens with one attached hydrogen (secondary N) is 2. The van der Waals surface area contributed by atoms with Crippen LogP contribution in [0.2, 0.25) is 0 Å². The lowest BCUT2D eigenvalue weighted by molar-refractivity contribution is 0.897. The summed E-state index contributed by atoms with van der Waals surface area (Å²) < 4.78 is 0. The molecule has 0 radical (unpaired) electrons. The molecule has 0 bridgehead atoms. The van der Waals surface area contributed by atoms with Gasteiger partial charge in [-0.3, -0.25) is 15.0 Å². The first-order chi connectivity index (χ1) is 33.6. The summed E-state index contributed by atoms with van der Waals surface area (Å²) in [6.07, 6.45) is 13.1. The highest BCUT2D eigenvalue weighted by atomic mass is 14.9. The minimum Gasteiger partial charge on any atom is -0.398 e. The second-order valence-corrected chi connectivity index (χ2v) is 16.8. The highest BCUT2D eigenvalue weighted by Crippen LogP contribution is 2.35. The third-order valence-corrected chi connectivity index (χ3v) is 12.2. The van der Waals surface area contributed by atoms with Gasteiger partial charge in [-0.25, -0.2) is 0 Å². The van der Waals surface area contributed by atoms with Crippen molar-refractivity contribution in [2.45, 2.75) is 19.0 Å². The Morgan fingerprint density at radius 2 is 1.15 bits per heavy atom. The molecule has 2 aromatic heterocycles. The number of nitrogens with two attached hydrogens (primary N) is 1. The van der Waals surface area contributed by atoms with Crippen LogP contribution in [0.25, 0.3) is 56.0 Å². The summed E-state index contributed by atoms with van der Waals surface area (Å²) >= 11 is 0. The Bertz CT molecular complexity index is 3250. The molecule has 0 spiro atoms. The van der Waals surface area contributed by atoms with Crippen LogP contribution in [0.15, 0.2) is 254 Å². The Hall–Kier alpha value is -8.87. The molecule has 10 rings (SSSR count). The van der Waals surface area contributed by atoms with Gasteiger partial charge in [-0.05, 0) is 124 Å². The van der Waals surface area contributed by atoms with E-state index in [0.29, 0.717) is 12.2 Å². The molecule has 6 heteroatoms. The van der Waals surface area contributed by atoms with Crippen LogP contribution >= 0.6 is 0 Å². The van der Waals surface area contributed by atoms with Gasteiger partial charge in [0.05, 0.1) is 23.6 Å². The molecule has 4 N–H and O–H groups in total. The van der Waals surface area contributed by atoms with Gasteiger partial charge in [0, 0.05) is 57.9 Å².